The molecular weight excluding hydrogens is 990 g/mol. The van der Waals surface area contributed by atoms with E-state index in [0.717, 1.165) is 57.8 Å². The van der Waals surface area contributed by atoms with Crippen molar-refractivity contribution in [2.45, 2.75) is 328 Å². The predicted molar refractivity (Wildman–Crippen MR) is 335 cm³/mol. The second kappa shape index (κ2) is 59.6. The molecule has 0 heterocycles. The van der Waals surface area contributed by atoms with Gasteiger partial charge in [0.25, 0.3) is 0 Å². The first-order valence-corrected chi connectivity index (χ1v) is 34.9. The van der Waals surface area contributed by atoms with Crippen LogP contribution in [-0.2, 0) is 32.7 Å². The summed E-state index contributed by atoms with van der Waals surface area (Å²) in [6, 6.07) is 0. The van der Waals surface area contributed by atoms with Gasteiger partial charge in [-0.15, -0.1) is 0 Å². The molecule has 10 heteroatoms. The van der Waals surface area contributed by atoms with Crippen LogP contribution in [0.3, 0.4) is 0 Å². The van der Waals surface area contributed by atoms with E-state index in [1.54, 1.807) is 0 Å². The van der Waals surface area contributed by atoms with E-state index in [1.165, 1.54) is 231 Å². The first-order valence-electron chi connectivity index (χ1n) is 33.4. The summed E-state index contributed by atoms with van der Waals surface area (Å²) in [5.41, 5.74) is 0. The molecule has 0 amide bonds. The number of allylic oxidation sites excluding steroid dienone is 8. The van der Waals surface area contributed by atoms with Crippen LogP contribution < -0.4 is 0 Å². The minimum Gasteiger partial charge on any atom is -0.462 e. The fourth-order valence-corrected chi connectivity index (χ4v) is 10.5. The maximum Gasteiger partial charge on any atom is 0.472 e. The number of rotatable bonds is 62. The number of likely N-dealkylation sites (N-methyl/N-ethyl adjacent to an activating group) is 1. The van der Waals surface area contributed by atoms with Gasteiger partial charge in [0.1, 0.15) is 19.8 Å². The van der Waals surface area contributed by atoms with Gasteiger partial charge in [0.15, 0.2) is 6.10 Å². The van der Waals surface area contributed by atoms with Crippen molar-refractivity contribution in [3.8, 4) is 0 Å². The monoisotopic (exact) mass is 1120 g/mol. The molecule has 2 atom stereocenters. The summed E-state index contributed by atoms with van der Waals surface area (Å²) < 4.78 is 34.6. The van der Waals surface area contributed by atoms with Gasteiger partial charge in [-0.25, -0.2) is 4.57 Å². The third-order valence-electron chi connectivity index (χ3n) is 14.9. The topological polar surface area (TPSA) is 108 Å². The SMILES string of the molecule is CC/C=C\C/C=C\C/C=C\C/C=C\CCCCCCCCCCCCCCCCCCCCCCCCCCCCC(=O)OC(COC(=O)CCCCCCCCCCCCCCCCC)COP(=O)(O)OCC[N+](C)(C)C. The first kappa shape index (κ1) is 76.0. The highest BCUT2D eigenvalue weighted by molar-refractivity contribution is 7.47. The molecule has 0 aliphatic carbocycles. The van der Waals surface area contributed by atoms with E-state index in [0.29, 0.717) is 23.9 Å². The predicted octanol–water partition coefficient (Wildman–Crippen LogP) is 21.3. The lowest BCUT2D eigenvalue weighted by atomic mass is 10.0. The number of phosphoric acid groups is 1. The largest absolute Gasteiger partial charge is 0.472 e. The normalized spacial score (nSPS) is 13.5. The Labute approximate surface area is 484 Å². The lowest BCUT2D eigenvalue weighted by Crippen LogP contribution is -2.37. The molecule has 0 saturated heterocycles. The Morgan fingerprint density at radius 1 is 0.410 bits per heavy atom. The van der Waals surface area contributed by atoms with Crippen LogP contribution in [-0.4, -0.2) is 74.9 Å². The van der Waals surface area contributed by atoms with Gasteiger partial charge in [-0.2, -0.15) is 0 Å². The minimum atomic E-state index is -4.38. The van der Waals surface area contributed by atoms with Gasteiger partial charge in [-0.3, -0.25) is 18.6 Å². The van der Waals surface area contributed by atoms with Crippen LogP contribution in [0.4, 0.5) is 0 Å². The molecule has 0 radical (unpaired) electrons. The third-order valence-corrected chi connectivity index (χ3v) is 15.9. The number of quaternary nitrogens is 1. The summed E-state index contributed by atoms with van der Waals surface area (Å²) in [5.74, 6) is -0.778. The smallest absolute Gasteiger partial charge is 0.462 e. The highest BCUT2D eigenvalue weighted by Crippen LogP contribution is 2.43. The molecule has 0 rings (SSSR count). The number of carbonyl (C=O) groups excluding carboxylic acids is 2. The molecule has 0 aliphatic rings. The molecular formula is C68H129NO8P+. The quantitative estimate of drug-likeness (QED) is 0.0211. The van der Waals surface area contributed by atoms with Crippen molar-refractivity contribution in [2.24, 2.45) is 0 Å². The van der Waals surface area contributed by atoms with Gasteiger partial charge in [0.2, 0.25) is 0 Å². The summed E-state index contributed by atoms with van der Waals surface area (Å²) in [7, 11) is 1.50. The Bertz CT molecular complexity index is 1460. The van der Waals surface area contributed by atoms with Crippen LogP contribution >= 0.6 is 7.82 Å². The van der Waals surface area contributed by atoms with E-state index in [9.17, 15) is 19.0 Å². The molecule has 0 aliphatic heterocycles. The molecule has 0 aromatic rings. The fourth-order valence-electron chi connectivity index (χ4n) is 9.78. The molecule has 0 bridgehead atoms. The van der Waals surface area contributed by atoms with Crippen LogP contribution in [0, 0.1) is 0 Å². The molecule has 9 nitrogen and oxygen atoms in total. The molecule has 0 fully saturated rings. The van der Waals surface area contributed by atoms with E-state index in [4.69, 9.17) is 18.5 Å². The van der Waals surface area contributed by atoms with Crippen molar-refractivity contribution < 1.29 is 42.1 Å². The van der Waals surface area contributed by atoms with Crippen molar-refractivity contribution in [1.82, 2.24) is 0 Å². The zero-order chi connectivity index (χ0) is 57.0. The number of carbonyl (C=O) groups is 2. The van der Waals surface area contributed by atoms with Gasteiger partial charge in [-0.1, -0.05) is 306 Å². The first-order chi connectivity index (χ1) is 38.0. The van der Waals surface area contributed by atoms with Crippen molar-refractivity contribution in [2.75, 3.05) is 47.5 Å². The molecule has 2 unspecified atom stereocenters. The van der Waals surface area contributed by atoms with Crippen molar-refractivity contribution >= 4 is 19.8 Å². The molecule has 0 aromatic carbocycles. The summed E-state index contributed by atoms with van der Waals surface area (Å²) in [4.78, 5) is 35.7. The highest BCUT2D eigenvalue weighted by Gasteiger charge is 2.27. The van der Waals surface area contributed by atoms with Crippen molar-refractivity contribution in [3.05, 3.63) is 48.6 Å². The summed E-state index contributed by atoms with van der Waals surface area (Å²) in [5, 5.41) is 0. The van der Waals surface area contributed by atoms with Gasteiger partial charge < -0.3 is 18.9 Å². The molecule has 0 saturated carbocycles. The minimum absolute atomic E-state index is 0.0352. The van der Waals surface area contributed by atoms with Crippen LogP contribution in [0.15, 0.2) is 48.6 Å². The van der Waals surface area contributed by atoms with Gasteiger partial charge in [0.05, 0.1) is 27.7 Å². The van der Waals surface area contributed by atoms with Gasteiger partial charge >= 0.3 is 19.8 Å². The Morgan fingerprint density at radius 2 is 0.731 bits per heavy atom. The number of esters is 2. The number of nitrogens with zero attached hydrogens (tertiary/aromatic N) is 1. The molecule has 458 valence electrons. The summed E-state index contributed by atoms with van der Waals surface area (Å²) >= 11 is 0. The van der Waals surface area contributed by atoms with Crippen LogP contribution in [0.2, 0.25) is 0 Å². The van der Waals surface area contributed by atoms with Gasteiger partial charge in [-0.05, 0) is 51.4 Å². The average molecular weight is 1120 g/mol. The van der Waals surface area contributed by atoms with Gasteiger partial charge in [0, 0.05) is 12.8 Å². The standard InChI is InChI=1S/C68H128NO8P/c1-6-8-10-12-14-16-18-20-22-23-24-25-26-27-28-29-30-31-32-33-34-35-36-37-38-39-40-41-42-43-44-45-47-49-51-53-55-57-59-61-68(71)77-66(65-76-78(72,73)75-63-62-69(3,4)5)64-74-67(70)60-58-56-54-52-50-48-46-21-19-17-15-13-11-9-7-2/h8,10,14,16,20,22,24-25,66H,6-7,9,11-13,15,17-19,21,23,26-65H2,1-5H3/p+1/b10-8-,16-14-,22-20-,25-24-. The second-order valence-electron chi connectivity index (χ2n) is 23.8. The Kier molecular flexibility index (Phi) is 58.0. The lowest BCUT2D eigenvalue weighted by molar-refractivity contribution is -0.870. The van der Waals surface area contributed by atoms with Crippen molar-refractivity contribution in [3.63, 3.8) is 0 Å². The van der Waals surface area contributed by atoms with E-state index >= 15 is 0 Å². The number of ether oxygens (including phenoxy) is 2. The number of hydrogen-bond donors (Lipinski definition) is 1. The van der Waals surface area contributed by atoms with E-state index in [2.05, 4.69) is 62.5 Å². The van der Waals surface area contributed by atoms with E-state index in [1.807, 2.05) is 21.1 Å². The van der Waals surface area contributed by atoms with E-state index < -0.39 is 26.5 Å². The maximum atomic E-state index is 12.8. The Hall–Kier alpha value is -2.03. The third kappa shape index (κ3) is 63.2. The summed E-state index contributed by atoms with van der Waals surface area (Å²) in [6.07, 6.45) is 76.5. The molecule has 0 spiro atoms. The molecule has 1 N–H and O–H groups in total. The Balaban J connectivity index is 3.88. The zero-order valence-electron chi connectivity index (χ0n) is 52.2. The average Bonchev–Trinajstić information content (AvgIpc) is 3.41. The number of hydrogen-bond acceptors (Lipinski definition) is 7. The highest BCUT2D eigenvalue weighted by atomic mass is 31.2. The Morgan fingerprint density at radius 3 is 1.09 bits per heavy atom. The number of phosphoric ester groups is 1. The molecule has 78 heavy (non-hydrogen) atoms. The lowest BCUT2D eigenvalue weighted by Gasteiger charge is -2.24. The van der Waals surface area contributed by atoms with Crippen LogP contribution in [0.1, 0.15) is 322 Å². The summed E-state index contributed by atoms with van der Waals surface area (Å²) in [6.45, 7) is 4.37. The molecule has 0 aromatic heterocycles. The van der Waals surface area contributed by atoms with Crippen LogP contribution in [0.5, 0.6) is 0 Å². The number of unbranched alkanes of at least 4 members (excludes halogenated alkanes) is 40. The zero-order valence-corrected chi connectivity index (χ0v) is 53.1. The second-order valence-corrected chi connectivity index (χ2v) is 25.3. The fraction of sp³-hybridized carbons (Fsp3) is 0.853. The van der Waals surface area contributed by atoms with Crippen LogP contribution in [0.25, 0.3) is 0 Å². The van der Waals surface area contributed by atoms with E-state index in [-0.39, 0.29) is 25.6 Å². The maximum absolute atomic E-state index is 12.8. The van der Waals surface area contributed by atoms with Crippen molar-refractivity contribution in [1.29, 1.82) is 0 Å².